The van der Waals surface area contributed by atoms with Gasteiger partial charge in [0, 0.05) is 63.6 Å². The molecule has 5 rings (SSSR count). The lowest BCUT2D eigenvalue weighted by atomic mass is 9.92. The molecule has 1 aliphatic rings. The Hall–Kier alpha value is -4.34. The topological polar surface area (TPSA) is 153 Å². The van der Waals surface area contributed by atoms with Crippen molar-refractivity contribution in [1.82, 2.24) is 23.9 Å². The number of likely N-dealkylation sites (N-methyl/N-ethyl adjacent to an activating group) is 1. The van der Waals surface area contributed by atoms with Gasteiger partial charge in [-0.25, -0.2) is 19.2 Å². The molecule has 5 heterocycles. The molecule has 42 heavy (non-hydrogen) atoms. The molecule has 0 unspecified atom stereocenters. The van der Waals surface area contributed by atoms with Crippen LogP contribution in [0.25, 0.3) is 16.2 Å². The molecule has 0 radical (unpaired) electrons. The number of aromatic nitrogens is 5. The number of aromatic carboxylic acids is 1. The summed E-state index contributed by atoms with van der Waals surface area (Å²) in [6, 6.07) is 4.70. The lowest BCUT2D eigenvalue weighted by molar-refractivity contribution is -0.123. The van der Waals surface area contributed by atoms with Crippen LogP contribution in [-0.4, -0.2) is 94.4 Å². The second-order valence-corrected chi connectivity index (χ2v) is 10.5. The van der Waals surface area contributed by atoms with Gasteiger partial charge in [-0.05, 0) is 18.2 Å². The maximum absolute atomic E-state index is 15.2. The number of ether oxygens (including phenoxy) is 2. The molecule has 4 aromatic heterocycles. The van der Waals surface area contributed by atoms with Crippen molar-refractivity contribution in [2.45, 2.75) is 6.42 Å². The molecule has 13 nitrogen and oxygen atoms in total. The molecule has 220 valence electrons. The fourth-order valence-corrected chi connectivity index (χ4v) is 5.02. The van der Waals surface area contributed by atoms with Gasteiger partial charge in [0.1, 0.15) is 17.7 Å². The van der Waals surface area contributed by atoms with E-state index in [2.05, 4.69) is 19.3 Å². The summed E-state index contributed by atoms with van der Waals surface area (Å²) in [6.45, 7) is 2.80. The molecule has 0 spiro atoms. The summed E-state index contributed by atoms with van der Waals surface area (Å²) in [5.74, 6) is -2.64. The van der Waals surface area contributed by atoms with Crippen LogP contribution in [0.5, 0.6) is 0 Å². The van der Waals surface area contributed by atoms with E-state index < -0.39 is 22.8 Å². The highest BCUT2D eigenvalue weighted by molar-refractivity contribution is 7.08. The van der Waals surface area contributed by atoms with Gasteiger partial charge < -0.3 is 24.4 Å². The predicted molar refractivity (Wildman–Crippen MR) is 152 cm³/mol. The van der Waals surface area contributed by atoms with Crippen LogP contribution in [0.3, 0.4) is 0 Å². The number of carbonyl (C=O) groups excluding carboxylic acids is 1. The van der Waals surface area contributed by atoms with Crippen LogP contribution in [0, 0.1) is 11.7 Å². The first-order chi connectivity index (χ1) is 20.3. The highest BCUT2D eigenvalue weighted by Gasteiger charge is 2.35. The van der Waals surface area contributed by atoms with Crippen LogP contribution in [0.1, 0.15) is 16.1 Å². The molecular formula is C27H28FN7O6S. The number of fused-ring (bicyclic) bond motifs is 1. The van der Waals surface area contributed by atoms with Crippen LogP contribution in [0.15, 0.2) is 41.7 Å². The molecule has 1 N–H and O–H groups in total. The first-order valence-corrected chi connectivity index (χ1v) is 13.8. The smallest absolute Gasteiger partial charge is 0.341 e. The first kappa shape index (κ1) is 29.2. The number of carbonyl (C=O) groups is 2. The molecule has 0 aliphatic carbocycles. The second-order valence-electron chi connectivity index (χ2n) is 9.72. The predicted octanol–water partition coefficient (Wildman–Crippen LogP) is 1.82. The number of hydrogen-bond acceptors (Lipinski definition) is 12. The largest absolute Gasteiger partial charge is 0.477 e. The highest BCUT2D eigenvalue weighted by Crippen LogP contribution is 2.29. The number of nitrogens with zero attached hydrogens (tertiary/aromatic N) is 7. The van der Waals surface area contributed by atoms with Gasteiger partial charge >= 0.3 is 5.97 Å². The Kier molecular flexibility index (Phi) is 8.80. The quantitative estimate of drug-likeness (QED) is 0.224. The molecule has 4 aromatic rings. The SMILES string of the molecule is COCCOCCN(C)c1ccc(CC(=O)C2CN(c3nc4c(cc3F)c(=O)c(C(=O)O)cn4-c3ncns3)C2)nc1. The Morgan fingerprint density at radius 2 is 2.02 bits per heavy atom. The summed E-state index contributed by atoms with van der Waals surface area (Å²) in [5, 5.41) is 9.54. The standard InChI is InChI=1S/C27H28FN7O6S/c1-33(5-6-41-8-7-40-2)18-4-3-17(29-11-18)9-22(36)16-12-34(13-16)25-21(28)10-19-23(37)20(26(38)39)14-35(24(19)32-25)27-30-15-31-42-27/h3-4,10-11,14-16H,5-9,12-13H2,1-2H3,(H,38,39). The third-order valence-electron chi connectivity index (χ3n) is 6.94. The maximum Gasteiger partial charge on any atom is 0.341 e. The lowest BCUT2D eigenvalue weighted by Gasteiger charge is -2.39. The first-order valence-electron chi connectivity index (χ1n) is 13.0. The van der Waals surface area contributed by atoms with Crippen molar-refractivity contribution in [3.8, 4) is 5.13 Å². The molecule has 1 aliphatic heterocycles. The monoisotopic (exact) mass is 597 g/mol. The van der Waals surface area contributed by atoms with Crippen molar-refractivity contribution in [3.05, 3.63) is 64.2 Å². The Labute approximate surface area is 243 Å². The zero-order valence-electron chi connectivity index (χ0n) is 22.9. The fourth-order valence-electron chi connectivity index (χ4n) is 4.51. The number of anilines is 2. The number of methoxy groups -OCH3 is 1. The Morgan fingerprint density at radius 3 is 2.69 bits per heavy atom. The van der Waals surface area contributed by atoms with Crippen molar-refractivity contribution in [2.75, 3.05) is 63.4 Å². The van der Waals surface area contributed by atoms with Gasteiger partial charge in [0.15, 0.2) is 17.3 Å². The van der Waals surface area contributed by atoms with Crippen molar-refractivity contribution in [1.29, 1.82) is 0 Å². The van der Waals surface area contributed by atoms with Gasteiger partial charge in [-0.1, -0.05) is 0 Å². The molecule has 1 saturated heterocycles. The van der Waals surface area contributed by atoms with Crippen LogP contribution >= 0.6 is 11.5 Å². The number of Topliss-reactive ketones (excluding diaryl/α,β-unsaturated/α-hetero) is 1. The Bertz CT molecular complexity index is 1640. The number of hydrogen-bond donors (Lipinski definition) is 1. The summed E-state index contributed by atoms with van der Waals surface area (Å²) >= 11 is 0.965. The minimum atomic E-state index is -1.45. The fraction of sp³-hybridized carbons (Fsp3) is 0.370. The third-order valence-corrected chi connectivity index (χ3v) is 7.61. The zero-order chi connectivity index (χ0) is 29.8. The minimum Gasteiger partial charge on any atom is -0.477 e. The van der Waals surface area contributed by atoms with Crippen LogP contribution in [0.2, 0.25) is 0 Å². The molecule has 0 atom stereocenters. The third kappa shape index (κ3) is 6.12. The van der Waals surface area contributed by atoms with Gasteiger partial charge in [-0.15, -0.1) is 0 Å². The molecule has 0 aromatic carbocycles. The summed E-state index contributed by atoms with van der Waals surface area (Å²) < 4.78 is 30.8. The summed E-state index contributed by atoms with van der Waals surface area (Å²) in [6.07, 6.45) is 4.25. The van der Waals surface area contributed by atoms with E-state index in [4.69, 9.17) is 9.47 Å². The minimum absolute atomic E-state index is 0.0236. The second kappa shape index (κ2) is 12.7. The molecule has 0 bridgehead atoms. The Morgan fingerprint density at radius 1 is 1.21 bits per heavy atom. The molecular weight excluding hydrogens is 569 g/mol. The van der Waals surface area contributed by atoms with E-state index >= 15 is 4.39 Å². The molecule has 1 fully saturated rings. The van der Waals surface area contributed by atoms with E-state index in [1.165, 1.54) is 10.9 Å². The van der Waals surface area contributed by atoms with Gasteiger partial charge in [0.25, 0.3) is 0 Å². The summed E-state index contributed by atoms with van der Waals surface area (Å²) in [5.41, 5.74) is 0.187. The Balaban J connectivity index is 1.25. The lowest BCUT2D eigenvalue weighted by Crippen LogP contribution is -2.51. The van der Waals surface area contributed by atoms with Gasteiger partial charge in [0.05, 0.1) is 43.0 Å². The number of ketones is 1. The van der Waals surface area contributed by atoms with Crippen LogP contribution < -0.4 is 15.2 Å². The van der Waals surface area contributed by atoms with Gasteiger partial charge in [-0.3, -0.25) is 19.1 Å². The molecule has 0 amide bonds. The number of halogens is 1. The average molecular weight is 598 g/mol. The number of carboxylic acids is 1. The number of rotatable bonds is 13. The van der Waals surface area contributed by atoms with Crippen molar-refractivity contribution in [2.24, 2.45) is 5.92 Å². The van der Waals surface area contributed by atoms with Crippen LogP contribution in [-0.2, 0) is 20.7 Å². The summed E-state index contributed by atoms with van der Waals surface area (Å²) in [4.78, 5) is 53.8. The van der Waals surface area contributed by atoms with E-state index in [9.17, 15) is 19.5 Å². The molecule has 0 saturated carbocycles. The van der Waals surface area contributed by atoms with Crippen molar-refractivity contribution in [3.63, 3.8) is 0 Å². The van der Waals surface area contributed by atoms with E-state index in [1.807, 2.05) is 24.1 Å². The van der Waals surface area contributed by atoms with E-state index in [1.54, 1.807) is 18.2 Å². The van der Waals surface area contributed by atoms with E-state index in [0.717, 1.165) is 29.5 Å². The zero-order valence-corrected chi connectivity index (χ0v) is 23.7. The number of carboxylic acid groups (broad SMARTS) is 1. The average Bonchev–Trinajstić information content (AvgIpc) is 3.48. The number of pyridine rings is 3. The highest BCUT2D eigenvalue weighted by atomic mass is 32.1. The molecule has 15 heteroatoms. The van der Waals surface area contributed by atoms with Gasteiger partial charge in [0.2, 0.25) is 10.6 Å². The van der Waals surface area contributed by atoms with Crippen molar-refractivity contribution >= 4 is 45.8 Å². The van der Waals surface area contributed by atoms with Crippen LogP contribution in [0.4, 0.5) is 15.9 Å². The summed E-state index contributed by atoms with van der Waals surface area (Å²) in [7, 11) is 3.56. The maximum atomic E-state index is 15.2. The normalized spacial score (nSPS) is 13.4. The van der Waals surface area contributed by atoms with E-state index in [-0.39, 0.29) is 53.2 Å². The van der Waals surface area contributed by atoms with Crippen molar-refractivity contribution < 1.29 is 28.6 Å². The van der Waals surface area contributed by atoms with E-state index in [0.29, 0.717) is 32.1 Å². The van der Waals surface area contributed by atoms with Gasteiger partial charge in [-0.2, -0.15) is 4.37 Å².